The third-order valence-electron chi connectivity index (χ3n) is 8.11. The fraction of sp³-hybridized carbons (Fsp3) is 0.378. The smallest absolute Gasteiger partial charge is 0.550 e. The van der Waals surface area contributed by atoms with Crippen molar-refractivity contribution in [2.75, 3.05) is 32.8 Å². The van der Waals surface area contributed by atoms with Crippen LogP contribution < -0.4 is 58.5 Å². The standard InChI is InChI=1S/C37H39F6N3O6.Na/c1-22(2)24-9-10-31(49-3)30(14-24)29-17-33(51-5)32(50-4)15-25(29)21-46(35-44-18-28(19-45-35)52-11-7-6-8-34(47)48)20-23-12-26(36(38,39)40)16-27(13-23)37(41,42)43;/h9-10,12-19,22H,6-8,11,20-21H2,1-5H3,(H,47,48);/q;+1/p-1. The molecule has 9 nitrogen and oxygen atoms in total. The number of nitrogens with zero attached hydrogens (tertiary/aromatic N) is 3. The van der Waals surface area contributed by atoms with Crippen LogP contribution in [0.2, 0.25) is 0 Å². The number of halogens is 6. The van der Waals surface area contributed by atoms with Crippen LogP contribution in [0.3, 0.4) is 0 Å². The van der Waals surface area contributed by atoms with Gasteiger partial charge in [-0.25, -0.2) is 9.97 Å². The summed E-state index contributed by atoms with van der Waals surface area (Å²) in [4.78, 5) is 20.8. The zero-order valence-corrected chi connectivity index (χ0v) is 32.2. The number of rotatable bonds is 16. The molecule has 280 valence electrons. The molecule has 53 heavy (non-hydrogen) atoms. The van der Waals surface area contributed by atoms with Crippen molar-refractivity contribution in [2.45, 2.75) is 64.5 Å². The molecule has 16 heteroatoms. The predicted octanol–water partition coefficient (Wildman–Crippen LogP) is 4.84. The van der Waals surface area contributed by atoms with Crippen LogP contribution in [0.4, 0.5) is 32.3 Å². The first-order chi connectivity index (χ1) is 24.5. The van der Waals surface area contributed by atoms with E-state index in [0.29, 0.717) is 58.9 Å². The topological polar surface area (TPSA) is 106 Å². The van der Waals surface area contributed by atoms with E-state index in [1.165, 1.54) is 38.6 Å². The number of carbonyl (C=O) groups excluding carboxylic acids is 1. The van der Waals surface area contributed by atoms with Gasteiger partial charge in [-0.3, -0.25) is 0 Å². The summed E-state index contributed by atoms with van der Waals surface area (Å²) < 4.78 is 106. The minimum Gasteiger partial charge on any atom is -0.550 e. The van der Waals surface area contributed by atoms with Crippen LogP contribution in [-0.2, 0) is 30.2 Å². The molecule has 0 aliphatic rings. The molecular formula is C37H38F6N3NaO6. The maximum Gasteiger partial charge on any atom is 1.00 e. The van der Waals surface area contributed by atoms with Gasteiger partial charge in [0.05, 0.1) is 51.5 Å². The number of carbonyl (C=O) groups is 1. The molecule has 3 aromatic carbocycles. The van der Waals surface area contributed by atoms with Crippen molar-refractivity contribution in [1.29, 1.82) is 0 Å². The Balaban J connectivity index is 0.00000756. The number of methoxy groups -OCH3 is 3. The van der Waals surface area contributed by atoms with Crippen LogP contribution in [-0.4, -0.2) is 43.9 Å². The average Bonchev–Trinajstić information content (AvgIpc) is 3.10. The number of anilines is 1. The van der Waals surface area contributed by atoms with E-state index in [-0.39, 0.29) is 78.4 Å². The van der Waals surface area contributed by atoms with Crippen LogP contribution in [0.15, 0.2) is 60.9 Å². The molecule has 4 rings (SSSR count). The largest absolute Gasteiger partial charge is 1.00 e. The number of ether oxygens (including phenoxy) is 4. The SMILES string of the molecule is COc1cc(CN(Cc2cc(C(F)(F)F)cc(C(F)(F)F)c2)c2ncc(OCCCCC(=O)[O-])cn2)c(-c2cc(C(C)C)ccc2OC)cc1OC.[Na+]. The number of hydrogen-bond acceptors (Lipinski definition) is 9. The summed E-state index contributed by atoms with van der Waals surface area (Å²) >= 11 is 0. The van der Waals surface area contributed by atoms with E-state index in [0.717, 1.165) is 5.56 Å². The molecule has 4 aromatic rings. The summed E-state index contributed by atoms with van der Waals surface area (Å²) in [5, 5.41) is 10.7. The number of carboxylic acid groups (broad SMARTS) is 1. The molecule has 0 aliphatic heterocycles. The van der Waals surface area contributed by atoms with Crippen LogP contribution in [0.25, 0.3) is 11.1 Å². The molecule has 1 aromatic heterocycles. The molecule has 0 spiro atoms. The zero-order chi connectivity index (χ0) is 38.2. The second-order valence-corrected chi connectivity index (χ2v) is 12.1. The van der Waals surface area contributed by atoms with E-state index in [2.05, 4.69) is 9.97 Å². The van der Waals surface area contributed by atoms with Crippen molar-refractivity contribution >= 4 is 11.9 Å². The van der Waals surface area contributed by atoms with Gasteiger partial charge in [0, 0.05) is 24.6 Å². The predicted molar refractivity (Wildman–Crippen MR) is 178 cm³/mol. The Kier molecular flexibility index (Phi) is 15.2. The van der Waals surface area contributed by atoms with Gasteiger partial charge in [-0.15, -0.1) is 0 Å². The first kappa shape index (κ1) is 43.2. The number of hydrogen-bond donors (Lipinski definition) is 0. The molecule has 0 atom stereocenters. The van der Waals surface area contributed by atoms with E-state index < -0.39 is 36.0 Å². The molecule has 0 N–H and O–H groups in total. The van der Waals surface area contributed by atoms with E-state index in [1.807, 2.05) is 32.0 Å². The minimum absolute atomic E-state index is 0. The third-order valence-corrected chi connectivity index (χ3v) is 8.11. The van der Waals surface area contributed by atoms with Crippen molar-refractivity contribution in [3.05, 3.63) is 88.7 Å². The van der Waals surface area contributed by atoms with Gasteiger partial charge in [0.25, 0.3) is 0 Å². The van der Waals surface area contributed by atoms with Crippen molar-refractivity contribution in [3.63, 3.8) is 0 Å². The number of aliphatic carboxylic acids is 1. The van der Waals surface area contributed by atoms with Crippen LogP contribution in [0, 0.1) is 0 Å². The quantitative estimate of drug-likeness (QED) is 0.0903. The van der Waals surface area contributed by atoms with Gasteiger partial charge >= 0.3 is 41.9 Å². The van der Waals surface area contributed by atoms with Gasteiger partial charge in [0.15, 0.2) is 17.2 Å². The van der Waals surface area contributed by atoms with Crippen LogP contribution in [0.1, 0.15) is 66.8 Å². The normalized spacial score (nSPS) is 11.5. The van der Waals surface area contributed by atoms with E-state index >= 15 is 0 Å². The first-order valence-electron chi connectivity index (χ1n) is 16.1. The zero-order valence-electron chi connectivity index (χ0n) is 30.2. The molecule has 0 aliphatic carbocycles. The molecule has 0 unspecified atom stereocenters. The summed E-state index contributed by atoms with van der Waals surface area (Å²) in [6.07, 6.45) is -6.88. The van der Waals surface area contributed by atoms with Crippen molar-refractivity contribution < 1.29 is 84.7 Å². The molecular weight excluding hydrogens is 719 g/mol. The fourth-order valence-electron chi connectivity index (χ4n) is 5.44. The van der Waals surface area contributed by atoms with Gasteiger partial charge in [-0.05, 0) is 89.9 Å². The Morgan fingerprint density at radius 1 is 0.774 bits per heavy atom. The summed E-state index contributed by atoms with van der Waals surface area (Å²) in [5.41, 5.74) is -0.428. The molecule has 0 amide bonds. The van der Waals surface area contributed by atoms with E-state index in [9.17, 15) is 36.2 Å². The summed E-state index contributed by atoms with van der Waals surface area (Å²) in [6, 6.07) is 10.5. The maximum atomic E-state index is 13.8. The second kappa shape index (κ2) is 18.7. The monoisotopic (exact) mass is 757 g/mol. The molecule has 0 bridgehead atoms. The Labute approximate surface area is 325 Å². The molecule has 0 fully saturated rings. The van der Waals surface area contributed by atoms with Crippen LogP contribution >= 0.6 is 0 Å². The van der Waals surface area contributed by atoms with Gasteiger partial charge in [0.1, 0.15) is 5.75 Å². The molecule has 0 saturated carbocycles. The molecule has 1 heterocycles. The average molecular weight is 758 g/mol. The summed E-state index contributed by atoms with van der Waals surface area (Å²) in [7, 11) is 4.40. The van der Waals surface area contributed by atoms with Gasteiger partial charge in [0.2, 0.25) is 5.95 Å². The maximum absolute atomic E-state index is 13.8. The van der Waals surface area contributed by atoms with E-state index in [1.54, 1.807) is 12.1 Å². The number of aromatic nitrogens is 2. The van der Waals surface area contributed by atoms with Crippen molar-refractivity contribution in [2.24, 2.45) is 0 Å². The van der Waals surface area contributed by atoms with Crippen LogP contribution in [0.5, 0.6) is 23.0 Å². The Bertz CT molecular complexity index is 1810. The Morgan fingerprint density at radius 3 is 1.89 bits per heavy atom. The number of carboxylic acids is 1. The van der Waals surface area contributed by atoms with Crippen molar-refractivity contribution in [1.82, 2.24) is 9.97 Å². The second-order valence-electron chi connectivity index (χ2n) is 12.1. The first-order valence-corrected chi connectivity index (χ1v) is 16.1. The number of alkyl halides is 6. The third kappa shape index (κ3) is 11.6. The summed E-state index contributed by atoms with van der Waals surface area (Å²) in [5.74, 6) is 0.347. The fourth-order valence-corrected chi connectivity index (χ4v) is 5.44. The summed E-state index contributed by atoms with van der Waals surface area (Å²) in [6.45, 7) is 3.60. The number of benzene rings is 3. The molecule has 0 saturated heterocycles. The van der Waals surface area contributed by atoms with Gasteiger partial charge < -0.3 is 33.7 Å². The molecule has 0 radical (unpaired) electrons. The van der Waals surface area contributed by atoms with Gasteiger partial charge in [-0.2, -0.15) is 26.3 Å². The number of unbranched alkanes of at least 4 members (excludes halogenated alkanes) is 1. The Hall–Kier alpha value is -4.21. The van der Waals surface area contributed by atoms with Crippen molar-refractivity contribution in [3.8, 4) is 34.1 Å². The van der Waals surface area contributed by atoms with E-state index in [4.69, 9.17) is 18.9 Å². The minimum atomic E-state index is -5.05. The van der Waals surface area contributed by atoms with Gasteiger partial charge in [-0.1, -0.05) is 19.9 Å². The Morgan fingerprint density at radius 2 is 1.36 bits per heavy atom.